The van der Waals surface area contributed by atoms with Crippen LogP contribution in [0.5, 0.6) is 0 Å². The number of rotatable bonds is 2. The van der Waals surface area contributed by atoms with Gasteiger partial charge in [-0.3, -0.25) is 0 Å². The minimum absolute atomic E-state index is 0.0438. The molecule has 31 heavy (non-hydrogen) atoms. The lowest BCUT2D eigenvalue weighted by Gasteiger charge is -2.42. The number of likely N-dealkylation sites (tertiary alicyclic amines) is 2. The maximum atomic E-state index is 12.9. The highest BCUT2D eigenvalue weighted by Crippen LogP contribution is 2.48. The Hall–Kier alpha value is -1.59. The van der Waals surface area contributed by atoms with Crippen molar-refractivity contribution in [2.75, 3.05) is 32.8 Å². The summed E-state index contributed by atoms with van der Waals surface area (Å²) >= 11 is 0. The van der Waals surface area contributed by atoms with Crippen LogP contribution in [-0.4, -0.2) is 66.9 Å². The van der Waals surface area contributed by atoms with Crippen LogP contribution in [0.15, 0.2) is 24.3 Å². The van der Waals surface area contributed by atoms with Crippen LogP contribution in [0.25, 0.3) is 0 Å². The zero-order chi connectivity index (χ0) is 20.8. The first-order valence-corrected chi connectivity index (χ1v) is 12.6. The number of carbonyl (C=O) groups excluding carboxylic acids is 1. The number of amides is 1. The Morgan fingerprint density at radius 1 is 1.06 bits per heavy atom. The Labute approximate surface area is 186 Å². The zero-order valence-electron chi connectivity index (χ0n) is 18.6. The second-order valence-corrected chi connectivity index (χ2v) is 10.6. The van der Waals surface area contributed by atoms with Crippen molar-refractivity contribution in [1.82, 2.24) is 9.80 Å². The molecule has 3 heterocycles. The Morgan fingerprint density at radius 2 is 1.94 bits per heavy atom. The van der Waals surface area contributed by atoms with E-state index in [4.69, 9.17) is 9.47 Å². The van der Waals surface area contributed by atoms with Crippen molar-refractivity contribution in [3.05, 3.63) is 35.4 Å². The first kappa shape index (κ1) is 20.0. The molecular formula is C26H36N2O3. The Bertz CT molecular complexity index is 813. The summed E-state index contributed by atoms with van der Waals surface area (Å²) in [5.41, 5.74) is 3.65. The first-order valence-electron chi connectivity index (χ1n) is 12.6. The molecule has 3 aliphatic heterocycles. The Kier molecular flexibility index (Phi) is 5.22. The second kappa shape index (κ2) is 8.08. The summed E-state index contributed by atoms with van der Waals surface area (Å²) in [6.07, 6.45) is 10.7. The molecule has 6 rings (SSSR count). The number of ether oxygens (including phenoxy) is 2. The van der Waals surface area contributed by atoms with E-state index in [-0.39, 0.29) is 12.2 Å². The van der Waals surface area contributed by atoms with Gasteiger partial charge < -0.3 is 19.3 Å². The third-order valence-electron chi connectivity index (χ3n) is 9.13. The maximum Gasteiger partial charge on any atom is 0.410 e. The van der Waals surface area contributed by atoms with E-state index in [1.54, 1.807) is 11.1 Å². The van der Waals surface area contributed by atoms with Gasteiger partial charge in [-0.25, -0.2) is 4.79 Å². The third-order valence-corrected chi connectivity index (χ3v) is 9.13. The van der Waals surface area contributed by atoms with E-state index in [2.05, 4.69) is 34.1 Å². The van der Waals surface area contributed by atoms with Gasteiger partial charge in [0.1, 0.15) is 6.10 Å². The molecule has 2 aliphatic carbocycles. The number of nitrogens with zero attached hydrogens (tertiary/aromatic N) is 2. The average Bonchev–Trinajstić information content (AvgIpc) is 3.54. The van der Waals surface area contributed by atoms with Gasteiger partial charge >= 0.3 is 6.09 Å². The lowest BCUT2D eigenvalue weighted by atomic mass is 9.73. The Balaban J connectivity index is 1.09. The minimum Gasteiger partial charge on any atom is -0.444 e. The molecule has 3 unspecified atom stereocenters. The molecule has 0 radical (unpaired) electrons. The summed E-state index contributed by atoms with van der Waals surface area (Å²) in [6, 6.07) is 10.2. The number of aryl methyl sites for hydroxylation is 1. The highest BCUT2D eigenvalue weighted by atomic mass is 16.6. The van der Waals surface area contributed by atoms with E-state index in [9.17, 15) is 4.79 Å². The number of benzene rings is 1. The molecule has 1 spiro atoms. The van der Waals surface area contributed by atoms with Crippen molar-refractivity contribution in [3.8, 4) is 0 Å². The largest absolute Gasteiger partial charge is 0.444 e. The molecule has 1 amide bonds. The summed E-state index contributed by atoms with van der Waals surface area (Å²) in [7, 11) is 0. The number of fused-ring (bicyclic) bond motifs is 3. The molecular weight excluding hydrogens is 388 g/mol. The van der Waals surface area contributed by atoms with E-state index >= 15 is 0 Å². The van der Waals surface area contributed by atoms with Crippen LogP contribution in [0.3, 0.4) is 0 Å². The smallest absolute Gasteiger partial charge is 0.410 e. The van der Waals surface area contributed by atoms with Gasteiger partial charge in [-0.2, -0.15) is 0 Å². The van der Waals surface area contributed by atoms with Crippen LogP contribution < -0.4 is 0 Å². The molecule has 1 aromatic rings. The molecule has 5 aliphatic rings. The van der Waals surface area contributed by atoms with Crippen molar-refractivity contribution in [1.29, 1.82) is 0 Å². The topological polar surface area (TPSA) is 42.0 Å². The fraction of sp³-hybridized carbons (Fsp3) is 0.731. The fourth-order valence-corrected chi connectivity index (χ4v) is 7.40. The molecule has 0 N–H and O–H groups in total. The van der Waals surface area contributed by atoms with Crippen LogP contribution >= 0.6 is 0 Å². The molecule has 5 heteroatoms. The van der Waals surface area contributed by atoms with E-state index in [1.807, 2.05) is 0 Å². The molecule has 0 aromatic heterocycles. The average molecular weight is 425 g/mol. The molecule has 3 saturated heterocycles. The molecule has 5 nitrogen and oxygen atoms in total. The lowest BCUT2D eigenvalue weighted by Crippen LogP contribution is -2.48. The van der Waals surface area contributed by atoms with Gasteiger partial charge in [0.25, 0.3) is 0 Å². The fourth-order valence-electron chi connectivity index (χ4n) is 7.40. The molecule has 4 atom stereocenters. The van der Waals surface area contributed by atoms with E-state index in [0.29, 0.717) is 36.6 Å². The first-order chi connectivity index (χ1) is 15.2. The molecule has 1 saturated carbocycles. The van der Waals surface area contributed by atoms with Crippen LogP contribution in [0, 0.1) is 5.92 Å². The quantitative estimate of drug-likeness (QED) is 0.716. The highest BCUT2D eigenvalue weighted by molar-refractivity contribution is 5.68. The highest BCUT2D eigenvalue weighted by Gasteiger charge is 2.47. The lowest BCUT2D eigenvalue weighted by molar-refractivity contribution is 0.0286. The van der Waals surface area contributed by atoms with Gasteiger partial charge in [0.15, 0.2) is 0 Å². The van der Waals surface area contributed by atoms with Crippen molar-refractivity contribution in [2.45, 2.75) is 81.4 Å². The summed E-state index contributed by atoms with van der Waals surface area (Å²) in [6.45, 7) is 4.56. The van der Waals surface area contributed by atoms with Crippen molar-refractivity contribution in [3.63, 3.8) is 0 Å². The summed E-state index contributed by atoms with van der Waals surface area (Å²) in [5.74, 6) is 0.647. The molecule has 4 fully saturated rings. The predicted molar refractivity (Wildman–Crippen MR) is 119 cm³/mol. The van der Waals surface area contributed by atoms with Gasteiger partial charge in [-0.1, -0.05) is 24.3 Å². The molecule has 1 aromatic carbocycles. The van der Waals surface area contributed by atoms with Crippen molar-refractivity contribution < 1.29 is 14.3 Å². The standard InChI is InChI=1S/C26H36N2O3/c29-25(31-22-8-15-30-18-22)28-12-3-5-20-16-21(17-24(20)28)27-13-10-26(11-14-27)9-7-19-4-1-2-6-23(19)26/h1-2,4,6,20-22,24H,3,5,7-18H2/t20?,21?,22-,24?/m0/s1. The SMILES string of the molecule is O=C(O[C@H]1CCOC1)N1CCCC2CC(N3CCC4(CCc5ccccc54)CC3)CC21. The van der Waals surface area contributed by atoms with Gasteiger partial charge in [0.2, 0.25) is 0 Å². The monoisotopic (exact) mass is 424 g/mol. The zero-order valence-corrected chi connectivity index (χ0v) is 18.6. The van der Waals surface area contributed by atoms with Crippen LogP contribution in [-0.2, 0) is 21.3 Å². The van der Waals surface area contributed by atoms with Gasteiger partial charge in [-0.05, 0) is 86.9 Å². The van der Waals surface area contributed by atoms with Crippen molar-refractivity contribution >= 4 is 6.09 Å². The summed E-state index contributed by atoms with van der Waals surface area (Å²) in [4.78, 5) is 17.7. The third kappa shape index (κ3) is 3.58. The van der Waals surface area contributed by atoms with Crippen LogP contribution in [0.4, 0.5) is 4.79 Å². The minimum atomic E-state index is -0.0917. The van der Waals surface area contributed by atoms with E-state index in [0.717, 1.165) is 25.8 Å². The number of piperidine rings is 2. The van der Waals surface area contributed by atoms with Gasteiger partial charge in [-0.15, -0.1) is 0 Å². The molecule has 168 valence electrons. The van der Waals surface area contributed by atoms with Crippen LogP contribution in [0.2, 0.25) is 0 Å². The summed E-state index contributed by atoms with van der Waals surface area (Å²) < 4.78 is 11.2. The number of hydrogen-bond acceptors (Lipinski definition) is 4. The Morgan fingerprint density at radius 3 is 2.77 bits per heavy atom. The summed E-state index contributed by atoms with van der Waals surface area (Å²) in [5, 5.41) is 0. The maximum absolute atomic E-state index is 12.9. The van der Waals surface area contributed by atoms with Gasteiger partial charge in [0, 0.05) is 25.0 Å². The number of carbonyl (C=O) groups is 1. The van der Waals surface area contributed by atoms with Gasteiger partial charge in [0.05, 0.1) is 13.2 Å². The molecule has 0 bridgehead atoms. The van der Waals surface area contributed by atoms with Crippen LogP contribution in [0.1, 0.15) is 62.5 Å². The van der Waals surface area contributed by atoms with E-state index in [1.165, 1.54) is 51.6 Å². The second-order valence-electron chi connectivity index (χ2n) is 10.6. The predicted octanol–water partition coefficient (Wildman–Crippen LogP) is 4.13. The van der Waals surface area contributed by atoms with E-state index < -0.39 is 0 Å². The van der Waals surface area contributed by atoms with Crippen molar-refractivity contribution in [2.24, 2.45) is 5.92 Å². The number of hydrogen-bond donors (Lipinski definition) is 0. The normalized spacial score (nSPS) is 34.6.